The van der Waals surface area contributed by atoms with Gasteiger partial charge in [-0.2, -0.15) is 16.8 Å². The van der Waals surface area contributed by atoms with Crippen molar-refractivity contribution in [1.82, 2.24) is 0 Å². The highest BCUT2D eigenvalue weighted by atomic mass is 32.2. The zero-order valence-electron chi connectivity index (χ0n) is 28.8. The van der Waals surface area contributed by atoms with Crippen LogP contribution in [0.3, 0.4) is 0 Å². The van der Waals surface area contributed by atoms with Gasteiger partial charge < -0.3 is 20.8 Å². The highest BCUT2D eigenvalue weighted by molar-refractivity contribution is 7.93. The summed E-state index contributed by atoms with van der Waals surface area (Å²) in [6, 6.07) is 18.8. The number of phenols is 2. The number of sulfonamides is 2. The third-order valence-electron chi connectivity index (χ3n) is 8.40. The molecule has 0 heterocycles. The molecule has 21 heteroatoms. The summed E-state index contributed by atoms with van der Waals surface area (Å²) in [5, 5.41) is 25.7. The molecule has 0 unspecified atom stereocenters. The fourth-order valence-corrected chi connectivity index (χ4v) is 9.91. The molecule has 0 aliphatic carbocycles. The van der Waals surface area contributed by atoms with Crippen LogP contribution in [0, 0.1) is 13.8 Å². The predicted molar refractivity (Wildman–Crippen MR) is 207 cm³/mol. The molecule has 0 aliphatic heterocycles. The standard InChI is InChI=1S/C35H30N4O13S4/c1-19-9-11-21(17-33(19)53(43,44)38-23-13-27-25(29(40)15-23)5-3-7-31(27)55(47,48)49)36-35(42)37-22-12-10-20(2)34(18-22)54(45,46)39-24-14-28-26(30(41)16-24)6-4-8-32(28)56(50,51)52/h3-18,38-41H,1-2H3,(H2,36,37,42)(H,47,48,49)(H,50,51,52). The summed E-state index contributed by atoms with van der Waals surface area (Å²) in [7, 11) is -18.4. The molecule has 56 heavy (non-hydrogen) atoms. The van der Waals surface area contributed by atoms with E-state index in [1.165, 1.54) is 62.4 Å². The van der Waals surface area contributed by atoms with Crippen LogP contribution in [-0.2, 0) is 40.3 Å². The van der Waals surface area contributed by atoms with E-state index in [1.54, 1.807) is 0 Å². The highest BCUT2D eigenvalue weighted by Crippen LogP contribution is 2.36. The number of hydrogen-bond donors (Lipinski definition) is 8. The molecule has 0 fully saturated rings. The number of aryl methyl sites for hydroxylation is 2. The molecule has 0 radical (unpaired) electrons. The topological polar surface area (TPSA) is 283 Å². The minimum Gasteiger partial charge on any atom is -0.507 e. The number of rotatable bonds is 10. The lowest BCUT2D eigenvalue weighted by Gasteiger charge is -2.15. The van der Waals surface area contributed by atoms with Gasteiger partial charge in [0.1, 0.15) is 21.3 Å². The van der Waals surface area contributed by atoms with Gasteiger partial charge in [-0.25, -0.2) is 21.6 Å². The monoisotopic (exact) mass is 842 g/mol. The van der Waals surface area contributed by atoms with E-state index in [-0.39, 0.29) is 65.2 Å². The SMILES string of the molecule is Cc1ccc(NC(=O)Nc2ccc(C)c(S(=O)(=O)Nc3cc(O)c4cccc(S(=O)(=O)O)c4c3)c2)cc1S(=O)(=O)Nc1cc(O)c2cccc(S(=O)(=O)O)c2c1. The molecule has 6 aromatic rings. The first-order chi connectivity index (χ1) is 26.0. The van der Waals surface area contributed by atoms with Gasteiger partial charge in [-0.05, 0) is 73.5 Å². The molecule has 0 atom stereocenters. The normalized spacial score (nSPS) is 12.4. The number of anilines is 4. The van der Waals surface area contributed by atoms with Crippen molar-refractivity contribution in [1.29, 1.82) is 0 Å². The average Bonchev–Trinajstić information content (AvgIpc) is 3.08. The van der Waals surface area contributed by atoms with Crippen LogP contribution in [0.5, 0.6) is 11.5 Å². The lowest BCUT2D eigenvalue weighted by molar-refractivity contribution is 0.262. The third kappa shape index (κ3) is 8.17. The smallest absolute Gasteiger partial charge is 0.323 e. The molecule has 17 nitrogen and oxygen atoms in total. The van der Waals surface area contributed by atoms with Crippen molar-refractivity contribution in [2.75, 3.05) is 20.1 Å². The van der Waals surface area contributed by atoms with E-state index in [1.807, 2.05) is 0 Å². The molecular weight excluding hydrogens is 813 g/mol. The van der Waals surface area contributed by atoms with Crippen molar-refractivity contribution in [3.05, 3.63) is 108 Å². The van der Waals surface area contributed by atoms with E-state index in [9.17, 15) is 57.8 Å². The number of amides is 2. The molecule has 0 saturated heterocycles. The van der Waals surface area contributed by atoms with Crippen LogP contribution in [0.1, 0.15) is 11.1 Å². The Kier molecular flexibility index (Phi) is 10.1. The molecule has 0 saturated carbocycles. The summed E-state index contributed by atoms with van der Waals surface area (Å²) in [5.41, 5.74) is -0.0113. The number of fused-ring (bicyclic) bond motifs is 2. The number of hydrogen-bond acceptors (Lipinski definition) is 11. The number of benzene rings is 6. The molecular formula is C35H30N4O13S4. The average molecular weight is 843 g/mol. The second kappa shape index (κ2) is 14.3. The van der Waals surface area contributed by atoms with Gasteiger partial charge in [0.05, 0.1) is 21.2 Å². The molecule has 0 spiro atoms. The molecule has 8 N–H and O–H groups in total. The van der Waals surface area contributed by atoms with Gasteiger partial charge in [-0.15, -0.1) is 0 Å². The number of carbonyl (C=O) groups is 1. The maximum absolute atomic E-state index is 13.5. The number of carbonyl (C=O) groups excluding carboxylic acids is 1. The predicted octanol–water partition coefficient (Wildman–Crippen LogP) is 5.76. The Bertz CT molecular complexity index is 2880. The molecule has 0 bridgehead atoms. The molecule has 6 rings (SSSR count). The van der Waals surface area contributed by atoms with Crippen LogP contribution >= 0.6 is 0 Å². The quantitative estimate of drug-likeness (QED) is 0.0763. The van der Waals surface area contributed by atoms with Crippen molar-refractivity contribution in [3.8, 4) is 11.5 Å². The molecule has 6 aromatic carbocycles. The van der Waals surface area contributed by atoms with Crippen LogP contribution < -0.4 is 20.1 Å². The van der Waals surface area contributed by atoms with E-state index >= 15 is 0 Å². The number of aromatic hydroxyl groups is 2. The summed E-state index contributed by atoms with van der Waals surface area (Å²) >= 11 is 0. The number of urea groups is 1. The second-order valence-corrected chi connectivity index (χ2v) is 18.5. The Morgan fingerprint density at radius 2 is 0.839 bits per heavy atom. The largest absolute Gasteiger partial charge is 0.507 e. The first-order valence-electron chi connectivity index (χ1n) is 15.8. The van der Waals surface area contributed by atoms with Gasteiger partial charge in [0, 0.05) is 45.1 Å². The van der Waals surface area contributed by atoms with E-state index in [0.717, 1.165) is 48.5 Å². The maximum atomic E-state index is 13.5. The second-order valence-electron chi connectivity index (χ2n) is 12.4. The molecule has 0 aromatic heterocycles. The van der Waals surface area contributed by atoms with Gasteiger partial charge in [0.2, 0.25) is 0 Å². The Balaban J connectivity index is 1.22. The van der Waals surface area contributed by atoms with E-state index < -0.39 is 67.6 Å². The summed E-state index contributed by atoms with van der Waals surface area (Å²) in [6.07, 6.45) is 0. The van der Waals surface area contributed by atoms with Crippen molar-refractivity contribution < 1.29 is 57.8 Å². The highest BCUT2D eigenvalue weighted by Gasteiger charge is 2.23. The fraction of sp³-hybridized carbons (Fsp3) is 0.0571. The molecule has 2 amide bonds. The van der Waals surface area contributed by atoms with Crippen LogP contribution in [0.2, 0.25) is 0 Å². The number of nitrogens with one attached hydrogen (secondary N) is 4. The summed E-state index contributed by atoms with van der Waals surface area (Å²) in [6.45, 7) is 2.95. The minimum atomic E-state index is -4.74. The number of phenolic OH excluding ortho intramolecular Hbond substituents is 2. The maximum Gasteiger partial charge on any atom is 0.323 e. The van der Waals surface area contributed by atoms with Crippen molar-refractivity contribution in [3.63, 3.8) is 0 Å². The lowest BCUT2D eigenvalue weighted by Crippen LogP contribution is -2.21. The van der Waals surface area contributed by atoms with Gasteiger partial charge >= 0.3 is 6.03 Å². The van der Waals surface area contributed by atoms with Crippen LogP contribution in [-0.4, -0.2) is 59.0 Å². The minimum absolute atomic E-state index is 0.00880. The Labute approximate surface area is 320 Å². The van der Waals surface area contributed by atoms with Gasteiger partial charge in [0.25, 0.3) is 40.3 Å². The Hall–Kier alpha value is -5.97. The van der Waals surface area contributed by atoms with Gasteiger partial charge in [0.15, 0.2) is 0 Å². The first-order valence-corrected chi connectivity index (χ1v) is 21.7. The lowest BCUT2D eigenvalue weighted by atomic mass is 10.1. The van der Waals surface area contributed by atoms with Gasteiger partial charge in [-0.1, -0.05) is 36.4 Å². The zero-order valence-corrected chi connectivity index (χ0v) is 32.1. The summed E-state index contributed by atoms with van der Waals surface area (Å²) < 4.78 is 126. The third-order valence-corrected chi connectivity index (χ3v) is 13.3. The first kappa shape index (κ1) is 39.7. The fourth-order valence-electron chi connectivity index (χ4n) is 5.89. The molecule has 292 valence electrons. The van der Waals surface area contributed by atoms with E-state index in [2.05, 4.69) is 20.1 Å². The van der Waals surface area contributed by atoms with Crippen LogP contribution in [0.15, 0.2) is 117 Å². The van der Waals surface area contributed by atoms with Crippen molar-refractivity contribution >= 4 is 90.6 Å². The molecule has 0 aliphatic rings. The van der Waals surface area contributed by atoms with Crippen LogP contribution in [0.4, 0.5) is 27.5 Å². The zero-order chi connectivity index (χ0) is 41.0. The van der Waals surface area contributed by atoms with Crippen molar-refractivity contribution in [2.24, 2.45) is 0 Å². The van der Waals surface area contributed by atoms with Gasteiger partial charge in [-0.3, -0.25) is 18.5 Å². The van der Waals surface area contributed by atoms with E-state index in [4.69, 9.17) is 0 Å². The van der Waals surface area contributed by atoms with Crippen molar-refractivity contribution in [2.45, 2.75) is 33.4 Å². The van der Waals surface area contributed by atoms with E-state index in [0.29, 0.717) is 0 Å². The Morgan fingerprint density at radius 1 is 0.464 bits per heavy atom. The van der Waals surface area contributed by atoms with Crippen LogP contribution in [0.25, 0.3) is 21.5 Å². The summed E-state index contributed by atoms with van der Waals surface area (Å²) in [5.74, 6) is -0.945. The summed E-state index contributed by atoms with van der Waals surface area (Å²) in [4.78, 5) is 11.3. The Morgan fingerprint density at radius 3 is 1.20 bits per heavy atom.